The maximum atomic E-state index is 4.98. The van der Waals surface area contributed by atoms with Crippen molar-refractivity contribution in [2.45, 2.75) is 5.75 Å². The Balaban J connectivity index is 0.00000112. The van der Waals surface area contributed by atoms with Crippen LogP contribution in [0.15, 0.2) is 54.6 Å². The molecule has 0 aliphatic heterocycles. The van der Waals surface area contributed by atoms with E-state index >= 15 is 0 Å². The molecule has 0 radical (unpaired) electrons. The Morgan fingerprint density at radius 2 is 1.27 bits per heavy atom. The van der Waals surface area contributed by atoms with E-state index in [9.17, 15) is 0 Å². The summed E-state index contributed by atoms with van der Waals surface area (Å²) in [5, 5.41) is 0. The maximum absolute atomic E-state index is 4.98. The van der Waals surface area contributed by atoms with Gasteiger partial charge in [0.15, 0.2) is 0 Å². The van der Waals surface area contributed by atoms with Crippen molar-refractivity contribution in [3.63, 3.8) is 0 Å². The number of hydrogen-bond acceptors (Lipinski definition) is 1. The van der Waals surface area contributed by atoms with E-state index in [1.165, 1.54) is 16.7 Å². The molecule has 15 heavy (non-hydrogen) atoms. The third kappa shape index (κ3) is 2.38. The molecule has 0 aliphatic carbocycles. The first kappa shape index (κ1) is 10.9. The zero-order valence-corrected chi connectivity index (χ0v) is 11.1. The van der Waals surface area contributed by atoms with Crippen molar-refractivity contribution >= 4 is 12.6 Å². The second kappa shape index (κ2) is 4.87. The second-order valence-corrected chi connectivity index (χ2v) is 3.50. The predicted octanol–water partition coefficient (Wildman–Crippen LogP) is 3.40. The number of hydrogen-bond donors (Lipinski definition) is 0. The molecule has 84 valence electrons. The molecular weight excluding hydrogens is 447 g/mol. The molecule has 0 unspecified atom stereocenters. The predicted molar refractivity (Wildman–Crippen MR) is 62.9 cm³/mol. The standard InChI is InChI=1S/C13H12S.No/c14-10-11-6-8-13(9-7-11)12-4-2-1-3-5-12;/h1-9,14H,10H2;/p-1. The van der Waals surface area contributed by atoms with Gasteiger partial charge in [0.1, 0.15) is 0 Å². The van der Waals surface area contributed by atoms with Gasteiger partial charge in [0, 0.05) is 0 Å². The van der Waals surface area contributed by atoms with Gasteiger partial charge in [-0.15, -0.1) is 0 Å². The van der Waals surface area contributed by atoms with E-state index < -0.39 is 0 Å². The average molecular weight is 458 g/mol. The summed E-state index contributed by atoms with van der Waals surface area (Å²) >= 11 is 4.98. The fourth-order valence-electron chi connectivity index (χ4n) is 1.42. The summed E-state index contributed by atoms with van der Waals surface area (Å²) in [7, 11) is 0. The Labute approximate surface area is 90.0 Å². The Bertz CT molecular complexity index is 395. The molecule has 0 saturated carbocycles. The van der Waals surface area contributed by atoms with Crippen molar-refractivity contribution in [1.29, 1.82) is 0 Å². The van der Waals surface area contributed by atoms with E-state index in [1.807, 2.05) is 6.07 Å². The van der Waals surface area contributed by atoms with Gasteiger partial charge < -0.3 is 12.6 Å². The van der Waals surface area contributed by atoms with Gasteiger partial charge in [0.05, 0.1) is 0 Å². The first-order chi connectivity index (χ1) is 6.90. The average Bonchev–Trinajstić information content (AvgIpc) is 2.30. The van der Waals surface area contributed by atoms with Gasteiger partial charge in [0.2, 0.25) is 0 Å². The molecule has 0 aromatic heterocycles. The van der Waals surface area contributed by atoms with Crippen molar-refractivity contribution in [3.05, 3.63) is 60.2 Å². The van der Waals surface area contributed by atoms with Gasteiger partial charge >= 0.3 is 0 Å². The van der Waals surface area contributed by atoms with Crippen LogP contribution in [0.5, 0.6) is 0 Å². The van der Waals surface area contributed by atoms with Crippen LogP contribution in [0.1, 0.15) is 5.56 Å². The molecule has 2 heteroatoms. The minimum absolute atomic E-state index is 0. The van der Waals surface area contributed by atoms with Crippen molar-refractivity contribution in [1.82, 2.24) is 0 Å². The van der Waals surface area contributed by atoms with Gasteiger partial charge in [-0.2, -0.15) is 5.75 Å². The van der Waals surface area contributed by atoms with Gasteiger partial charge in [-0.1, -0.05) is 60.2 Å². The molecule has 0 aliphatic rings. The molecule has 0 fully saturated rings. The van der Waals surface area contributed by atoms with Crippen LogP contribution >= 0.6 is 0 Å². The Kier molecular flexibility index (Phi) is 3.53. The van der Waals surface area contributed by atoms with E-state index in [0.717, 1.165) is 0 Å². The quantitative estimate of drug-likeness (QED) is 0.622. The second-order valence-electron chi connectivity index (χ2n) is 3.21. The van der Waals surface area contributed by atoms with E-state index in [2.05, 4.69) is 48.5 Å². The van der Waals surface area contributed by atoms with Gasteiger partial charge in [-0.05, 0) is 11.1 Å². The van der Waals surface area contributed by atoms with Crippen LogP contribution in [0, 0.1) is 0 Å². The van der Waals surface area contributed by atoms with Crippen molar-refractivity contribution in [3.8, 4) is 11.1 Å². The van der Waals surface area contributed by atoms with Crippen LogP contribution in [0.3, 0.4) is 0 Å². The van der Waals surface area contributed by atoms with E-state index in [0.29, 0.717) is 5.75 Å². The van der Waals surface area contributed by atoms with Crippen molar-refractivity contribution < 1.29 is 0 Å². The molecule has 0 heterocycles. The van der Waals surface area contributed by atoms with Crippen LogP contribution in [-0.2, 0) is 18.4 Å². The molecule has 2 rings (SSSR count). The SMILES string of the molecule is [No].[S-]Cc1ccc(-c2ccccc2)cc1. The first-order valence-corrected chi connectivity index (χ1v) is 5.20. The van der Waals surface area contributed by atoms with Crippen LogP contribution in [-0.4, -0.2) is 0 Å². The Hall–Kier alpha value is -2.21. The minimum Gasteiger partial charge on any atom is -0.788 e. The van der Waals surface area contributed by atoms with E-state index in [-0.39, 0.29) is 0 Å². The summed E-state index contributed by atoms with van der Waals surface area (Å²) in [4.78, 5) is 0. The van der Waals surface area contributed by atoms with E-state index in [4.69, 9.17) is 12.6 Å². The summed E-state index contributed by atoms with van der Waals surface area (Å²) < 4.78 is 0. The van der Waals surface area contributed by atoms with Crippen molar-refractivity contribution in [2.75, 3.05) is 0 Å². The monoisotopic (exact) mass is 458 g/mol. The Morgan fingerprint density at radius 3 is 1.80 bits per heavy atom. The van der Waals surface area contributed by atoms with Crippen LogP contribution < -0.4 is 0 Å². The van der Waals surface area contributed by atoms with Gasteiger partial charge in [-0.25, -0.2) is 0 Å². The van der Waals surface area contributed by atoms with Crippen LogP contribution in [0.2, 0.25) is 0 Å². The minimum atomic E-state index is 0. The molecule has 0 amide bonds. The largest absolute Gasteiger partial charge is 0.788 e. The summed E-state index contributed by atoms with van der Waals surface area (Å²) in [5.41, 5.74) is 3.71. The van der Waals surface area contributed by atoms with Gasteiger partial charge in [0.25, 0.3) is 0 Å². The number of benzene rings is 2. The molecule has 0 bridgehead atoms. The normalized spacial score (nSPS) is 9.40. The topological polar surface area (TPSA) is 0 Å². The Morgan fingerprint density at radius 1 is 0.733 bits per heavy atom. The third-order valence-corrected chi connectivity index (χ3v) is 2.56. The van der Waals surface area contributed by atoms with Crippen LogP contribution in [0.25, 0.3) is 11.1 Å². The van der Waals surface area contributed by atoms with E-state index in [1.54, 1.807) is 0 Å². The molecule has 2 aromatic carbocycles. The molecule has 0 nitrogen and oxygen atoms in total. The van der Waals surface area contributed by atoms with Gasteiger partial charge in [-0.3, -0.25) is 0 Å². The smallest absolute Gasteiger partial charge is 0 e. The molecule has 2 aromatic rings. The van der Waals surface area contributed by atoms with Crippen LogP contribution in [0.4, 0.5) is 0 Å². The summed E-state index contributed by atoms with van der Waals surface area (Å²) in [6.07, 6.45) is 0. The zero-order chi connectivity index (χ0) is 9.80. The van der Waals surface area contributed by atoms with Crippen molar-refractivity contribution in [2.24, 2.45) is 0 Å². The zero-order valence-electron chi connectivity index (χ0n) is 8.08. The number of rotatable bonds is 2. The molecule has 0 N–H and O–H groups in total. The molecule has 0 atom stereocenters. The fraction of sp³-hybridized carbons (Fsp3) is 0.0769. The fourth-order valence-corrected chi connectivity index (χ4v) is 1.62. The summed E-state index contributed by atoms with van der Waals surface area (Å²) in [5.74, 6) is 0.690. The molecule has 0 saturated heterocycles. The summed E-state index contributed by atoms with van der Waals surface area (Å²) in [6, 6.07) is 18.8. The molecular formula is C13H11NoS-. The third-order valence-electron chi connectivity index (χ3n) is 2.23. The maximum Gasteiger partial charge on any atom is 0 e. The first-order valence-electron chi connectivity index (χ1n) is 4.62. The molecule has 0 spiro atoms. The summed E-state index contributed by atoms with van der Waals surface area (Å²) in [6.45, 7) is 0.